The molecule has 1 aliphatic rings. The Kier molecular flexibility index (Phi) is 4.63. The highest BCUT2D eigenvalue weighted by molar-refractivity contribution is 9.09. The van der Waals surface area contributed by atoms with E-state index in [1.165, 1.54) is 12.8 Å². The van der Waals surface area contributed by atoms with E-state index < -0.39 is 0 Å². The Morgan fingerprint density at radius 3 is 2.40 bits per heavy atom. The number of nitrogens with one attached hydrogen (secondary N) is 1. The highest BCUT2D eigenvalue weighted by Crippen LogP contribution is 2.37. The molecule has 0 aromatic carbocycles. The van der Waals surface area contributed by atoms with Crippen molar-refractivity contribution in [3.8, 4) is 0 Å². The predicted octanol–water partition coefficient (Wildman–Crippen LogP) is 3.24. The van der Waals surface area contributed by atoms with Crippen LogP contribution in [0.15, 0.2) is 0 Å². The van der Waals surface area contributed by atoms with Gasteiger partial charge in [-0.3, -0.25) is 4.79 Å². The molecule has 1 N–H and O–H groups in total. The lowest BCUT2D eigenvalue weighted by Gasteiger charge is -2.25. The number of halogens is 1. The van der Waals surface area contributed by atoms with Crippen LogP contribution < -0.4 is 5.32 Å². The highest BCUT2D eigenvalue weighted by atomic mass is 79.9. The molecule has 3 heteroatoms. The molecule has 0 heterocycles. The molecule has 1 fully saturated rings. The van der Waals surface area contributed by atoms with E-state index in [0.717, 1.165) is 19.3 Å². The van der Waals surface area contributed by atoms with Crippen LogP contribution in [0.3, 0.4) is 0 Å². The van der Waals surface area contributed by atoms with Crippen molar-refractivity contribution in [3.05, 3.63) is 0 Å². The first-order valence-electron chi connectivity index (χ1n) is 5.89. The van der Waals surface area contributed by atoms with E-state index in [2.05, 4.69) is 42.0 Å². The summed E-state index contributed by atoms with van der Waals surface area (Å²) in [6.45, 7) is 6.29. The molecule has 0 aromatic rings. The number of rotatable bonds is 4. The van der Waals surface area contributed by atoms with Crippen LogP contribution in [0, 0.1) is 5.41 Å². The fraction of sp³-hybridized carbons (Fsp3) is 0.917. The number of amides is 1. The maximum atomic E-state index is 12.0. The highest BCUT2D eigenvalue weighted by Gasteiger charge is 2.36. The largest absolute Gasteiger partial charge is 0.353 e. The van der Waals surface area contributed by atoms with Crippen LogP contribution in [-0.4, -0.2) is 16.8 Å². The molecule has 1 rings (SSSR count). The fourth-order valence-corrected chi connectivity index (χ4v) is 2.89. The summed E-state index contributed by atoms with van der Waals surface area (Å²) in [7, 11) is 0. The van der Waals surface area contributed by atoms with Crippen LogP contribution in [-0.2, 0) is 4.79 Å². The summed E-state index contributed by atoms with van der Waals surface area (Å²) in [5.74, 6) is 0.251. The standard InChI is InChI=1S/C12H22BrNO/c1-9(13)8-10(2)14-11(15)12(3)6-4-5-7-12/h9-10H,4-8H2,1-3H3,(H,14,15). The van der Waals surface area contributed by atoms with Crippen LogP contribution in [0.4, 0.5) is 0 Å². The molecule has 2 atom stereocenters. The van der Waals surface area contributed by atoms with Crippen molar-refractivity contribution < 1.29 is 4.79 Å². The third-order valence-electron chi connectivity index (χ3n) is 3.31. The van der Waals surface area contributed by atoms with Gasteiger partial charge in [-0.05, 0) is 26.2 Å². The molecular formula is C12H22BrNO. The van der Waals surface area contributed by atoms with Gasteiger partial charge in [-0.2, -0.15) is 0 Å². The first-order valence-corrected chi connectivity index (χ1v) is 6.80. The zero-order chi connectivity index (χ0) is 11.5. The van der Waals surface area contributed by atoms with Crippen molar-refractivity contribution in [1.82, 2.24) is 5.32 Å². The van der Waals surface area contributed by atoms with Crippen LogP contribution in [0.2, 0.25) is 0 Å². The molecule has 0 aromatic heterocycles. The Morgan fingerprint density at radius 1 is 1.40 bits per heavy atom. The number of alkyl halides is 1. The minimum absolute atomic E-state index is 0.0934. The molecule has 1 aliphatic carbocycles. The second kappa shape index (κ2) is 5.33. The van der Waals surface area contributed by atoms with E-state index in [1.807, 2.05) is 0 Å². The van der Waals surface area contributed by atoms with Gasteiger partial charge in [0.05, 0.1) is 0 Å². The lowest BCUT2D eigenvalue weighted by Crippen LogP contribution is -2.42. The third-order valence-corrected chi connectivity index (χ3v) is 3.68. The minimum atomic E-state index is -0.0934. The van der Waals surface area contributed by atoms with E-state index in [-0.39, 0.29) is 17.4 Å². The molecule has 0 radical (unpaired) electrons. The third kappa shape index (κ3) is 3.78. The van der Waals surface area contributed by atoms with Gasteiger partial charge in [0, 0.05) is 16.3 Å². The zero-order valence-electron chi connectivity index (χ0n) is 9.98. The topological polar surface area (TPSA) is 29.1 Å². The van der Waals surface area contributed by atoms with Gasteiger partial charge in [-0.15, -0.1) is 0 Å². The van der Waals surface area contributed by atoms with E-state index in [1.54, 1.807) is 0 Å². The zero-order valence-corrected chi connectivity index (χ0v) is 11.6. The summed E-state index contributed by atoms with van der Waals surface area (Å²) < 4.78 is 0. The maximum Gasteiger partial charge on any atom is 0.226 e. The lowest BCUT2D eigenvalue weighted by molar-refractivity contribution is -0.130. The molecule has 15 heavy (non-hydrogen) atoms. The van der Waals surface area contributed by atoms with E-state index >= 15 is 0 Å². The van der Waals surface area contributed by atoms with Gasteiger partial charge in [0.1, 0.15) is 0 Å². The van der Waals surface area contributed by atoms with Crippen molar-refractivity contribution in [2.75, 3.05) is 0 Å². The van der Waals surface area contributed by atoms with Crippen molar-refractivity contribution in [2.45, 2.75) is 63.7 Å². The Balaban J connectivity index is 2.40. The van der Waals surface area contributed by atoms with E-state index in [0.29, 0.717) is 4.83 Å². The van der Waals surface area contributed by atoms with Crippen LogP contribution in [0.5, 0.6) is 0 Å². The Morgan fingerprint density at radius 2 is 1.93 bits per heavy atom. The molecule has 0 saturated heterocycles. The summed E-state index contributed by atoms with van der Waals surface area (Å²) in [5, 5.41) is 3.12. The molecule has 0 bridgehead atoms. The van der Waals surface area contributed by atoms with Gasteiger partial charge in [0.25, 0.3) is 0 Å². The number of hydrogen-bond acceptors (Lipinski definition) is 1. The molecule has 2 nitrogen and oxygen atoms in total. The van der Waals surface area contributed by atoms with Crippen LogP contribution in [0.25, 0.3) is 0 Å². The summed E-state index contributed by atoms with van der Waals surface area (Å²) in [5.41, 5.74) is -0.0934. The summed E-state index contributed by atoms with van der Waals surface area (Å²) in [6, 6.07) is 0.268. The van der Waals surface area contributed by atoms with E-state index in [9.17, 15) is 4.79 Å². The number of hydrogen-bond donors (Lipinski definition) is 1. The molecule has 88 valence electrons. The first-order chi connectivity index (χ1) is 6.94. The molecule has 0 spiro atoms. The SMILES string of the molecule is CC(Br)CC(C)NC(=O)C1(C)CCCC1. The Bertz CT molecular complexity index is 222. The van der Waals surface area contributed by atoms with Gasteiger partial charge >= 0.3 is 0 Å². The molecule has 2 unspecified atom stereocenters. The second-order valence-corrected chi connectivity index (χ2v) is 6.72. The normalized spacial score (nSPS) is 23.5. The van der Waals surface area contributed by atoms with Gasteiger partial charge < -0.3 is 5.32 Å². The Labute approximate surface area is 101 Å². The van der Waals surface area contributed by atoms with E-state index in [4.69, 9.17) is 0 Å². The number of carbonyl (C=O) groups is 1. The van der Waals surface area contributed by atoms with Gasteiger partial charge in [-0.1, -0.05) is 42.6 Å². The first kappa shape index (κ1) is 13.0. The summed E-state index contributed by atoms with van der Waals surface area (Å²) in [4.78, 5) is 12.5. The van der Waals surface area contributed by atoms with Crippen LogP contribution >= 0.6 is 15.9 Å². The van der Waals surface area contributed by atoms with Crippen molar-refractivity contribution in [1.29, 1.82) is 0 Å². The molecular weight excluding hydrogens is 254 g/mol. The average molecular weight is 276 g/mol. The van der Waals surface area contributed by atoms with Gasteiger partial charge in [0.2, 0.25) is 5.91 Å². The van der Waals surface area contributed by atoms with Crippen LogP contribution in [0.1, 0.15) is 52.9 Å². The molecule has 0 aliphatic heterocycles. The van der Waals surface area contributed by atoms with Gasteiger partial charge in [-0.25, -0.2) is 0 Å². The lowest BCUT2D eigenvalue weighted by atomic mass is 9.87. The second-order valence-electron chi connectivity index (χ2n) is 5.16. The van der Waals surface area contributed by atoms with Crippen molar-refractivity contribution in [2.24, 2.45) is 5.41 Å². The average Bonchev–Trinajstić information content (AvgIpc) is 2.51. The van der Waals surface area contributed by atoms with Crippen molar-refractivity contribution >= 4 is 21.8 Å². The van der Waals surface area contributed by atoms with Crippen molar-refractivity contribution in [3.63, 3.8) is 0 Å². The quantitative estimate of drug-likeness (QED) is 0.785. The monoisotopic (exact) mass is 275 g/mol. The summed E-state index contributed by atoms with van der Waals surface area (Å²) in [6.07, 6.45) is 5.49. The smallest absolute Gasteiger partial charge is 0.226 e. The number of carbonyl (C=O) groups excluding carboxylic acids is 1. The minimum Gasteiger partial charge on any atom is -0.353 e. The molecule has 1 saturated carbocycles. The maximum absolute atomic E-state index is 12.0. The summed E-state index contributed by atoms with van der Waals surface area (Å²) >= 11 is 3.51. The molecule has 1 amide bonds. The fourth-order valence-electron chi connectivity index (χ4n) is 2.33. The Hall–Kier alpha value is -0.0500. The van der Waals surface area contributed by atoms with Gasteiger partial charge in [0.15, 0.2) is 0 Å². The predicted molar refractivity (Wildman–Crippen MR) is 67.2 cm³/mol.